The van der Waals surface area contributed by atoms with E-state index >= 15 is 0 Å². The minimum Gasteiger partial charge on any atom is -0.444 e. The molecule has 3 amide bonds. The smallest absolute Gasteiger partial charge is 0.407 e. The van der Waals surface area contributed by atoms with E-state index in [1.807, 2.05) is 13.1 Å². The van der Waals surface area contributed by atoms with E-state index in [4.69, 9.17) is 15.0 Å². The fraction of sp³-hybridized carbons (Fsp3) is 0.850. The number of nitrogens with one attached hydrogen (secondary N) is 1. The van der Waals surface area contributed by atoms with Gasteiger partial charge in [-0.15, -0.1) is 0 Å². The van der Waals surface area contributed by atoms with Crippen molar-refractivity contribution in [2.75, 3.05) is 0 Å². The number of hydrogen-bond donors (Lipinski definition) is 2. The zero-order chi connectivity index (χ0) is 22.8. The lowest BCUT2D eigenvalue weighted by Gasteiger charge is -2.39. The first kappa shape index (κ1) is 25.6. The van der Waals surface area contributed by atoms with Crippen LogP contribution in [0.4, 0.5) is 4.79 Å². The van der Waals surface area contributed by atoms with Crippen LogP contribution in [0, 0.1) is 5.92 Å². The van der Waals surface area contributed by atoms with Gasteiger partial charge in [-0.1, -0.05) is 20.8 Å². The molecule has 0 spiro atoms. The Bertz CT molecular complexity index is 619. The van der Waals surface area contributed by atoms with Gasteiger partial charge in [0.2, 0.25) is 5.91 Å². The van der Waals surface area contributed by atoms with E-state index < -0.39 is 37.9 Å². The monoisotopic (exact) mass is 429 g/mol. The summed E-state index contributed by atoms with van der Waals surface area (Å²) < 4.78 is 11.3. The van der Waals surface area contributed by atoms with Crippen LogP contribution in [-0.4, -0.2) is 49.0 Å². The fourth-order valence-corrected chi connectivity index (χ4v) is 4.17. The molecule has 0 aromatic carbocycles. The zero-order valence-electron chi connectivity index (χ0n) is 19.4. The molecule has 1 saturated carbocycles. The van der Waals surface area contributed by atoms with Crippen molar-refractivity contribution >= 4 is 26.2 Å². The number of hydrogen-bond acceptors (Lipinski definition) is 6. The molecule has 1 rings (SSSR count). The molecule has 0 aromatic rings. The van der Waals surface area contributed by atoms with Gasteiger partial charge in [-0.3, -0.25) is 9.59 Å². The summed E-state index contributed by atoms with van der Waals surface area (Å²) in [5.74, 6) is 4.91. The van der Waals surface area contributed by atoms with Gasteiger partial charge in [0.25, 0.3) is 5.91 Å². The van der Waals surface area contributed by atoms with Gasteiger partial charge >= 0.3 is 6.09 Å². The number of carbonyl (C=O) groups is 3. The maximum Gasteiger partial charge on any atom is 0.407 e. The largest absolute Gasteiger partial charge is 0.444 e. The van der Waals surface area contributed by atoms with Gasteiger partial charge in [0.05, 0.1) is 0 Å². The summed E-state index contributed by atoms with van der Waals surface area (Å²) in [6, 6.07) is -0.0228. The predicted molar refractivity (Wildman–Crippen MR) is 114 cm³/mol. The lowest BCUT2D eigenvalue weighted by Crippen LogP contribution is -2.53. The number of rotatable bonds is 6. The standard InChI is InChI=1S/C20H39N3O5Si/c1-13(28-29(8,9)20(5,6)7)17(25)23(21)16(24)12-14-10-15(11-14)22-18(26)27-19(2,3)4/h13-15H,10-12,21H2,1-9H3,(H,22,26)/t13-,14?,15?/m1/s1. The quantitative estimate of drug-likeness (QED) is 0.290. The molecule has 0 unspecified atom stereocenters. The first-order valence-electron chi connectivity index (χ1n) is 10.2. The third kappa shape index (κ3) is 7.71. The van der Waals surface area contributed by atoms with Crippen molar-refractivity contribution in [3.8, 4) is 0 Å². The third-order valence-electron chi connectivity index (χ3n) is 5.55. The molecule has 8 nitrogen and oxygen atoms in total. The Morgan fingerprint density at radius 2 is 1.66 bits per heavy atom. The maximum absolute atomic E-state index is 12.5. The molecular weight excluding hydrogens is 390 g/mol. The van der Waals surface area contributed by atoms with Crippen LogP contribution in [0.2, 0.25) is 18.1 Å². The highest BCUT2D eigenvalue weighted by molar-refractivity contribution is 6.74. The fourth-order valence-electron chi connectivity index (χ4n) is 2.83. The van der Waals surface area contributed by atoms with E-state index in [1.54, 1.807) is 27.7 Å². The SMILES string of the molecule is C[C@@H](O[Si](C)(C)C(C)(C)C)C(=O)N(N)C(=O)CC1CC(NC(=O)OC(C)(C)C)C1. The van der Waals surface area contributed by atoms with Gasteiger partial charge in [0.1, 0.15) is 11.7 Å². The van der Waals surface area contributed by atoms with Gasteiger partial charge in [-0.05, 0) is 64.6 Å². The van der Waals surface area contributed by atoms with Crippen molar-refractivity contribution in [3.63, 3.8) is 0 Å². The maximum atomic E-state index is 12.5. The molecule has 1 aliphatic carbocycles. The van der Waals surface area contributed by atoms with E-state index in [-0.39, 0.29) is 23.4 Å². The Labute approximate surface area is 176 Å². The van der Waals surface area contributed by atoms with Crippen LogP contribution in [0.5, 0.6) is 0 Å². The molecule has 3 N–H and O–H groups in total. The molecule has 0 bridgehead atoms. The van der Waals surface area contributed by atoms with Crippen LogP contribution in [0.15, 0.2) is 0 Å². The molecule has 1 fully saturated rings. The summed E-state index contributed by atoms with van der Waals surface area (Å²) in [6.07, 6.45) is 0.250. The van der Waals surface area contributed by atoms with Crippen molar-refractivity contribution in [1.82, 2.24) is 10.3 Å². The third-order valence-corrected chi connectivity index (χ3v) is 10.1. The first-order chi connectivity index (χ1) is 12.9. The number of amides is 3. The lowest BCUT2D eigenvalue weighted by molar-refractivity contribution is -0.150. The Balaban J connectivity index is 2.45. The molecule has 0 heterocycles. The molecule has 0 aliphatic heterocycles. The Morgan fingerprint density at radius 1 is 1.14 bits per heavy atom. The number of hydrazine groups is 1. The molecule has 9 heteroatoms. The Kier molecular flexibility index (Phi) is 8.06. The average molecular weight is 430 g/mol. The van der Waals surface area contributed by atoms with E-state index in [1.165, 1.54) is 0 Å². The lowest BCUT2D eigenvalue weighted by atomic mass is 9.78. The summed E-state index contributed by atoms with van der Waals surface area (Å²) in [7, 11) is -2.15. The zero-order valence-corrected chi connectivity index (χ0v) is 20.4. The van der Waals surface area contributed by atoms with Gasteiger partial charge in [-0.2, -0.15) is 0 Å². The molecule has 0 saturated heterocycles. The van der Waals surface area contributed by atoms with Crippen LogP contribution in [0.1, 0.15) is 67.7 Å². The number of imide groups is 1. The van der Waals surface area contributed by atoms with E-state index in [0.717, 1.165) is 0 Å². The van der Waals surface area contributed by atoms with Gasteiger partial charge in [0, 0.05) is 12.5 Å². The second-order valence-corrected chi connectivity index (χ2v) is 15.3. The molecule has 1 atom stereocenters. The Morgan fingerprint density at radius 3 is 2.10 bits per heavy atom. The average Bonchev–Trinajstić information content (AvgIpc) is 2.47. The van der Waals surface area contributed by atoms with Crippen molar-refractivity contribution in [3.05, 3.63) is 0 Å². The van der Waals surface area contributed by atoms with Gasteiger partial charge < -0.3 is 14.5 Å². The molecule has 0 radical (unpaired) electrons. The van der Waals surface area contributed by atoms with Crippen LogP contribution < -0.4 is 11.2 Å². The van der Waals surface area contributed by atoms with Crippen LogP contribution >= 0.6 is 0 Å². The molecular formula is C20H39N3O5Si. The van der Waals surface area contributed by atoms with Crippen molar-refractivity contribution < 1.29 is 23.5 Å². The highest BCUT2D eigenvalue weighted by Gasteiger charge is 2.41. The number of ether oxygens (including phenoxy) is 1. The summed E-state index contributed by atoms with van der Waals surface area (Å²) in [5.41, 5.74) is -0.549. The minimum absolute atomic E-state index is 0.0228. The molecule has 168 valence electrons. The Hall–Kier alpha value is -1.45. The molecule has 29 heavy (non-hydrogen) atoms. The second kappa shape index (κ2) is 9.14. The van der Waals surface area contributed by atoms with E-state index in [9.17, 15) is 14.4 Å². The number of carbonyl (C=O) groups excluding carboxylic acids is 3. The highest BCUT2D eigenvalue weighted by atomic mass is 28.4. The summed E-state index contributed by atoms with van der Waals surface area (Å²) in [4.78, 5) is 36.7. The number of nitrogens with two attached hydrogens (primary N) is 1. The van der Waals surface area contributed by atoms with Crippen LogP contribution in [-0.2, 0) is 18.8 Å². The normalized spacial score (nSPS) is 21.0. The topological polar surface area (TPSA) is 111 Å². The summed E-state index contributed by atoms with van der Waals surface area (Å²) in [6.45, 7) is 17.4. The van der Waals surface area contributed by atoms with Crippen molar-refractivity contribution in [2.45, 2.75) is 104 Å². The van der Waals surface area contributed by atoms with Crippen molar-refractivity contribution in [1.29, 1.82) is 0 Å². The molecule has 0 aromatic heterocycles. The number of alkyl carbamates (subject to hydrolysis) is 1. The highest BCUT2D eigenvalue weighted by Crippen LogP contribution is 2.37. The van der Waals surface area contributed by atoms with E-state index in [0.29, 0.717) is 17.9 Å². The van der Waals surface area contributed by atoms with Crippen LogP contribution in [0.25, 0.3) is 0 Å². The van der Waals surface area contributed by atoms with Crippen molar-refractivity contribution in [2.24, 2.45) is 11.8 Å². The predicted octanol–water partition coefficient (Wildman–Crippen LogP) is 3.32. The van der Waals surface area contributed by atoms with E-state index in [2.05, 4.69) is 26.1 Å². The molecule has 1 aliphatic rings. The first-order valence-corrected chi connectivity index (χ1v) is 13.1. The summed E-state index contributed by atoms with van der Waals surface area (Å²) in [5, 5.41) is 3.42. The van der Waals surface area contributed by atoms with Crippen LogP contribution in [0.3, 0.4) is 0 Å². The van der Waals surface area contributed by atoms with Gasteiger partial charge in [-0.25, -0.2) is 15.6 Å². The number of nitrogens with zero attached hydrogens (tertiary/aromatic N) is 1. The second-order valence-electron chi connectivity index (χ2n) is 10.5. The summed E-state index contributed by atoms with van der Waals surface area (Å²) >= 11 is 0. The van der Waals surface area contributed by atoms with Gasteiger partial charge in [0.15, 0.2) is 8.32 Å². The minimum atomic E-state index is -2.15.